The van der Waals surface area contributed by atoms with E-state index in [1.165, 1.54) is 5.56 Å². The van der Waals surface area contributed by atoms with Crippen LogP contribution in [-0.2, 0) is 16.1 Å². The van der Waals surface area contributed by atoms with Crippen LogP contribution in [0, 0.1) is 6.92 Å². The molecule has 0 aliphatic rings. The number of carbonyl (C=O) groups is 1. The maximum absolute atomic E-state index is 10.7. The molecule has 0 aliphatic heterocycles. The van der Waals surface area contributed by atoms with Gasteiger partial charge in [0.25, 0.3) is 5.89 Å². The minimum absolute atomic E-state index is 0.000570. The van der Waals surface area contributed by atoms with Crippen molar-refractivity contribution in [2.45, 2.75) is 20.0 Å². The van der Waals surface area contributed by atoms with E-state index in [9.17, 15) is 4.79 Å². The second kappa shape index (κ2) is 10.1. The molecule has 0 spiro atoms. The first-order valence-corrected chi connectivity index (χ1v) is 10.5. The number of aromatic nitrogens is 3. The third-order valence-corrected chi connectivity index (χ3v) is 5.18. The van der Waals surface area contributed by atoms with Gasteiger partial charge in [0.15, 0.2) is 0 Å². The van der Waals surface area contributed by atoms with Crippen LogP contribution in [0.3, 0.4) is 0 Å². The van der Waals surface area contributed by atoms with E-state index in [1.54, 1.807) is 25.4 Å². The van der Waals surface area contributed by atoms with Gasteiger partial charge in [0.1, 0.15) is 5.82 Å². The summed E-state index contributed by atoms with van der Waals surface area (Å²) in [5.74, 6) is 0.494. The van der Waals surface area contributed by atoms with Gasteiger partial charge in [0, 0.05) is 31.0 Å². The van der Waals surface area contributed by atoms with Crippen molar-refractivity contribution in [1.82, 2.24) is 15.1 Å². The van der Waals surface area contributed by atoms with Crippen molar-refractivity contribution in [2.75, 3.05) is 19.0 Å². The van der Waals surface area contributed by atoms with E-state index in [2.05, 4.69) is 39.5 Å². The summed E-state index contributed by atoms with van der Waals surface area (Å²) >= 11 is 0. The highest BCUT2D eigenvalue weighted by atomic mass is 16.5. The Morgan fingerprint density at radius 3 is 2.73 bits per heavy atom. The molecule has 0 radical (unpaired) electrons. The third kappa shape index (κ3) is 5.24. The maximum atomic E-state index is 10.7. The molecule has 0 unspecified atom stereocenters. The fourth-order valence-corrected chi connectivity index (χ4v) is 3.56. The smallest absolute Gasteiger partial charge is 0.305 e. The van der Waals surface area contributed by atoms with E-state index < -0.39 is 5.97 Å². The van der Waals surface area contributed by atoms with Crippen LogP contribution >= 0.6 is 0 Å². The number of nitrogens with one attached hydrogen (secondary N) is 1. The normalized spacial score (nSPS) is 10.8. The summed E-state index contributed by atoms with van der Waals surface area (Å²) in [6.07, 6.45) is 1.61. The Hall–Kier alpha value is -4.04. The molecule has 2 heterocycles. The predicted octanol–water partition coefficient (Wildman–Crippen LogP) is 4.81. The van der Waals surface area contributed by atoms with Crippen LogP contribution in [-0.4, -0.2) is 39.9 Å². The second-order valence-electron chi connectivity index (χ2n) is 7.54. The SMILES string of the molecule is COCc1cc(-c2nc(-c3ccnc(NCCC(=O)O)c3)no2)ccc1-c1ccccc1C. The van der Waals surface area contributed by atoms with E-state index in [1.807, 2.05) is 30.3 Å². The first-order chi connectivity index (χ1) is 16.0. The van der Waals surface area contributed by atoms with Gasteiger partial charge in [-0.15, -0.1) is 0 Å². The van der Waals surface area contributed by atoms with Crippen molar-refractivity contribution in [3.8, 4) is 34.0 Å². The lowest BCUT2D eigenvalue weighted by molar-refractivity contribution is -0.136. The van der Waals surface area contributed by atoms with Crippen molar-refractivity contribution in [3.05, 3.63) is 71.9 Å². The predicted molar refractivity (Wildman–Crippen MR) is 125 cm³/mol. The zero-order valence-electron chi connectivity index (χ0n) is 18.4. The lowest BCUT2D eigenvalue weighted by Gasteiger charge is -2.12. The van der Waals surface area contributed by atoms with Crippen molar-refractivity contribution in [2.24, 2.45) is 0 Å². The zero-order chi connectivity index (χ0) is 23.2. The van der Waals surface area contributed by atoms with Gasteiger partial charge in [-0.2, -0.15) is 4.98 Å². The topological polar surface area (TPSA) is 110 Å². The first kappa shape index (κ1) is 22.2. The molecule has 4 aromatic rings. The quantitative estimate of drug-likeness (QED) is 0.379. The standard InChI is InChI=1S/C25H24N4O4/c1-16-5-3-4-6-20(16)21-8-7-18(13-19(21)15-32-2)25-28-24(29-33-25)17-9-11-26-22(14-17)27-12-10-23(30)31/h3-9,11,13-14H,10,12,15H2,1-2H3,(H,26,27)(H,30,31). The van der Waals surface area contributed by atoms with E-state index in [-0.39, 0.29) is 13.0 Å². The number of aryl methyl sites for hydroxylation is 1. The summed E-state index contributed by atoms with van der Waals surface area (Å²) in [4.78, 5) is 19.5. The molecule has 8 heteroatoms. The molecule has 0 bridgehead atoms. The number of aliphatic carboxylic acids is 1. The summed E-state index contributed by atoms with van der Waals surface area (Å²) in [5, 5.41) is 15.9. The van der Waals surface area contributed by atoms with Crippen LogP contribution in [0.15, 0.2) is 65.3 Å². The van der Waals surface area contributed by atoms with Crippen LogP contribution in [0.25, 0.3) is 34.0 Å². The summed E-state index contributed by atoms with van der Waals surface area (Å²) in [5.41, 5.74) is 5.98. The molecule has 2 aromatic carbocycles. The average molecular weight is 444 g/mol. The molecule has 0 fully saturated rings. The van der Waals surface area contributed by atoms with Gasteiger partial charge in [-0.3, -0.25) is 4.79 Å². The van der Waals surface area contributed by atoms with E-state index >= 15 is 0 Å². The monoisotopic (exact) mass is 444 g/mol. The Bertz CT molecular complexity index is 1270. The largest absolute Gasteiger partial charge is 0.481 e. The molecule has 8 nitrogen and oxygen atoms in total. The average Bonchev–Trinajstić information content (AvgIpc) is 3.30. The Kier molecular flexibility index (Phi) is 6.75. The second-order valence-corrected chi connectivity index (χ2v) is 7.54. The lowest BCUT2D eigenvalue weighted by Crippen LogP contribution is -2.08. The summed E-state index contributed by atoms with van der Waals surface area (Å²) in [7, 11) is 1.67. The summed E-state index contributed by atoms with van der Waals surface area (Å²) in [6.45, 7) is 2.82. The van der Waals surface area contributed by atoms with Crippen molar-refractivity contribution in [3.63, 3.8) is 0 Å². The highest BCUT2D eigenvalue weighted by Gasteiger charge is 2.15. The number of nitrogens with zero attached hydrogens (tertiary/aromatic N) is 3. The van der Waals surface area contributed by atoms with Gasteiger partial charge >= 0.3 is 5.97 Å². The molecule has 0 amide bonds. The molecule has 0 aliphatic carbocycles. The van der Waals surface area contributed by atoms with E-state index in [0.717, 1.165) is 22.3 Å². The first-order valence-electron chi connectivity index (χ1n) is 10.5. The minimum atomic E-state index is -0.872. The van der Waals surface area contributed by atoms with Crippen molar-refractivity contribution >= 4 is 11.8 Å². The Morgan fingerprint density at radius 2 is 1.94 bits per heavy atom. The molecule has 0 atom stereocenters. The molecule has 2 N–H and O–H groups in total. The van der Waals surface area contributed by atoms with Gasteiger partial charge in [0.05, 0.1) is 13.0 Å². The maximum Gasteiger partial charge on any atom is 0.305 e. The Balaban J connectivity index is 1.60. The van der Waals surface area contributed by atoms with Gasteiger partial charge < -0.3 is 19.7 Å². The molecule has 4 rings (SSSR count). The number of methoxy groups -OCH3 is 1. The number of anilines is 1. The van der Waals surface area contributed by atoms with Crippen molar-refractivity contribution in [1.29, 1.82) is 0 Å². The van der Waals surface area contributed by atoms with Gasteiger partial charge in [-0.25, -0.2) is 4.98 Å². The molecule has 0 saturated carbocycles. The number of ether oxygens (including phenoxy) is 1. The fourth-order valence-electron chi connectivity index (χ4n) is 3.56. The molecule has 0 saturated heterocycles. The van der Waals surface area contributed by atoms with Crippen LogP contribution < -0.4 is 5.32 Å². The van der Waals surface area contributed by atoms with Crippen LogP contribution in [0.1, 0.15) is 17.5 Å². The van der Waals surface area contributed by atoms with Gasteiger partial charge in [0.2, 0.25) is 5.82 Å². The van der Waals surface area contributed by atoms with Crippen molar-refractivity contribution < 1.29 is 19.2 Å². The molecular weight excluding hydrogens is 420 g/mol. The minimum Gasteiger partial charge on any atom is -0.481 e. The number of rotatable bonds is 9. The number of carboxylic acids is 1. The van der Waals surface area contributed by atoms with E-state index in [0.29, 0.717) is 29.7 Å². The summed E-state index contributed by atoms with van der Waals surface area (Å²) in [6, 6.07) is 17.8. The van der Waals surface area contributed by atoms with Crippen LogP contribution in [0.2, 0.25) is 0 Å². The van der Waals surface area contributed by atoms with Crippen LogP contribution in [0.4, 0.5) is 5.82 Å². The number of carboxylic acid groups (broad SMARTS) is 1. The fraction of sp³-hybridized carbons (Fsp3) is 0.200. The number of hydrogen-bond acceptors (Lipinski definition) is 7. The molecule has 168 valence electrons. The van der Waals surface area contributed by atoms with Gasteiger partial charge in [-0.1, -0.05) is 35.5 Å². The third-order valence-electron chi connectivity index (χ3n) is 5.18. The van der Waals surface area contributed by atoms with E-state index in [4.69, 9.17) is 14.4 Å². The molecular formula is C25H24N4O4. The van der Waals surface area contributed by atoms with Gasteiger partial charge in [-0.05, 0) is 53.4 Å². The van der Waals surface area contributed by atoms with Crippen LogP contribution in [0.5, 0.6) is 0 Å². The Morgan fingerprint density at radius 1 is 1.09 bits per heavy atom. The Labute approximate surface area is 191 Å². The molecule has 2 aromatic heterocycles. The molecule has 33 heavy (non-hydrogen) atoms. The summed E-state index contributed by atoms with van der Waals surface area (Å²) < 4.78 is 11.0. The number of hydrogen-bond donors (Lipinski definition) is 2. The highest BCUT2D eigenvalue weighted by molar-refractivity contribution is 5.74. The number of benzene rings is 2. The number of pyridine rings is 1. The lowest BCUT2D eigenvalue weighted by atomic mass is 9.94. The zero-order valence-corrected chi connectivity index (χ0v) is 18.4. The highest BCUT2D eigenvalue weighted by Crippen LogP contribution is 2.31.